The molecule has 3 nitrogen and oxygen atoms in total. The molecule has 2 N–H and O–H groups in total. The summed E-state index contributed by atoms with van der Waals surface area (Å²) in [6.07, 6.45) is 2.68. The summed E-state index contributed by atoms with van der Waals surface area (Å²) in [5.74, 6) is -2.76. The van der Waals surface area contributed by atoms with Gasteiger partial charge >= 0.3 is 0 Å². The standard InChI is InChI=1S/C8H11F2N3/c1-2-13-5-12-3-6(13)7(11)4-8(7,9)10/h3,5H,2,4,11H2,1H3. The lowest BCUT2D eigenvalue weighted by molar-refractivity contribution is 0.0872. The summed E-state index contributed by atoms with van der Waals surface area (Å²) in [6, 6.07) is 0. The predicted octanol–water partition coefficient (Wildman–Crippen LogP) is 1.10. The van der Waals surface area contributed by atoms with Crippen molar-refractivity contribution in [3.63, 3.8) is 0 Å². The topological polar surface area (TPSA) is 43.8 Å². The van der Waals surface area contributed by atoms with E-state index in [1.165, 1.54) is 12.5 Å². The van der Waals surface area contributed by atoms with E-state index in [0.29, 0.717) is 12.2 Å². The average Bonchev–Trinajstić information content (AvgIpc) is 2.53. The fourth-order valence-electron chi connectivity index (χ4n) is 1.53. The number of nitrogens with two attached hydrogens (primary N) is 1. The maximum absolute atomic E-state index is 12.9. The number of aromatic nitrogens is 2. The molecule has 0 aromatic carbocycles. The first-order valence-electron chi connectivity index (χ1n) is 4.18. The van der Waals surface area contributed by atoms with Crippen molar-refractivity contribution in [2.45, 2.75) is 31.4 Å². The summed E-state index contributed by atoms with van der Waals surface area (Å²) < 4.78 is 27.4. The van der Waals surface area contributed by atoms with Crippen LogP contribution < -0.4 is 5.73 Å². The van der Waals surface area contributed by atoms with E-state index in [2.05, 4.69) is 4.98 Å². The maximum Gasteiger partial charge on any atom is 0.273 e. The van der Waals surface area contributed by atoms with Crippen molar-refractivity contribution in [3.8, 4) is 0 Å². The van der Waals surface area contributed by atoms with Gasteiger partial charge in [0.25, 0.3) is 5.92 Å². The van der Waals surface area contributed by atoms with Crippen LogP contribution in [0.1, 0.15) is 19.0 Å². The Morgan fingerprint density at radius 2 is 2.31 bits per heavy atom. The predicted molar refractivity (Wildman–Crippen MR) is 43.3 cm³/mol. The molecule has 0 aliphatic heterocycles. The smallest absolute Gasteiger partial charge is 0.273 e. The summed E-state index contributed by atoms with van der Waals surface area (Å²) in [7, 11) is 0. The number of alkyl halides is 2. The van der Waals surface area contributed by atoms with E-state index in [-0.39, 0.29) is 6.42 Å². The van der Waals surface area contributed by atoms with E-state index in [0.717, 1.165) is 0 Å². The number of halogens is 2. The third-order valence-electron chi connectivity index (χ3n) is 2.54. The van der Waals surface area contributed by atoms with E-state index < -0.39 is 11.5 Å². The van der Waals surface area contributed by atoms with Crippen LogP contribution in [-0.2, 0) is 12.1 Å². The highest BCUT2D eigenvalue weighted by molar-refractivity contribution is 5.29. The van der Waals surface area contributed by atoms with Gasteiger partial charge in [-0.05, 0) is 6.92 Å². The Morgan fingerprint density at radius 3 is 2.77 bits per heavy atom. The first-order valence-corrected chi connectivity index (χ1v) is 4.18. The summed E-state index contributed by atoms with van der Waals surface area (Å²) >= 11 is 0. The van der Waals surface area contributed by atoms with Gasteiger partial charge in [0.05, 0.1) is 18.2 Å². The van der Waals surface area contributed by atoms with Gasteiger partial charge in [0.15, 0.2) is 0 Å². The Labute approximate surface area is 74.6 Å². The molecule has 13 heavy (non-hydrogen) atoms. The van der Waals surface area contributed by atoms with Gasteiger partial charge in [0.1, 0.15) is 5.54 Å². The van der Waals surface area contributed by atoms with Crippen LogP contribution >= 0.6 is 0 Å². The van der Waals surface area contributed by atoms with Gasteiger partial charge in [-0.3, -0.25) is 0 Å². The third-order valence-corrected chi connectivity index (χ3v) is 2.54. The zero-order chi connectivity index (χ0) is 9.69. The minimum Gasteiger partial charge on any atom is -0.333 e. The quantitative estimate of drug-likeness (QED) is 0.753. The Bertz CT molecular complexity index is 334. The average molecular weight is 187 g/mol. The lowest BCUT2D eigenvalue weighted by Gasteiger charge is -2.12. The molecule has 0 radical (unpaired) electrons. The zero-order valence-electron chi connectivity index (χ0n) is 7.30. The Balaban J connectivity index is 2.37. The molecule has 1 aromatic rings. The first kappa shape index (κ1) is 8.62. The Morgan fingerprint density at radius 1 is 1.69 bits per heavy atom. The largest absolute Gasteiger partial charge is 0.333 e. The number of hydrogen-bond acceptors (Lipinski definition) is 2. The summed E-state index contributed by atoms with van der Waals surface area (Å²) in [6.45, 7) is 2.49. The fourth-order valence-corrected chi connectivity index (χ4v) is 1.53. The molecule has 0 amide bonds. The number of hydrogen-bond donors (Lipinski definition) is 1. The molecule has 1 unspecified atom stereocenters. The van der Waals surface area contributed by atoms with Crippen LogP contribution in [0, 0.1) is 0 Å². The van der Waals surface area contributed by atoms with Crippen molar-refractivity contribution in [2.75, 3.05) is 0 Å². The van der Waals surface area contributed by atoms with Crippen LogP contribution in [0.25, 0.3) is 0 Å². The molecule has 1 aliphatic carbocycles. The van der Waals surface area contributed by atoms with Crippen LogP contribution in [0.2, 0.25) is 0 Å². The summed E-state index contributed by atoms with van der Waals surface area (Å²) in [5, 5.41) is 0. The van der Waals surface area contributed by atoms with Gasteiger partial charge in [-0.2, -0.15) is 0 Å². The highest BCUT2D eigenvalue weighted by Crippen LogP contribution is 2.57. The number of rotatable bonds is 2. The van der Waals surface area contributed by atoms with Gasteiger partial charge < -0.3 is 10.3 Å². The van der Waals surface area contributed by atoms with Crippen LogP contribution in [0.4, 0.5) is 8.78 Å². The van der Waals surface area contributed by atoms with Gasteiger partial charge in [0, 0.05) is 13.0 Å². The second-order valence-corrected chi connectivity index (χ2v) is 3.42. The molecule has 1 heterocycles. The lowest BCUT2D eigenvalue weighted by Crippen LogP contribution is -2.29. The number of nitrogens with zero attached hydrogens (tertiary/aromatic N) is 2. The molecule has 0 saturated heterocycles. The van der Waals surface area contributed by atoms with Crippen LogP contribution in [0.3, 0.4) is 0 Å². The van der Waals surface area contributed by atoms with Gasteiger partial charge in [0.2, 0.25) is 0 Å². The van der Waals surface area contributed by atoms with Crippen molar-refractivity contribution in [1.82, 2.24) is 9.55 Å². The van der Waals surface area contributed by atoms with Gasteiger partial charge in [-0.25, -0.2) is 13.8 Å². The zero-order valence-corrected chi connectivity index (χ0v) is 7.30. The maximum atomic E-state index is 12.9. The molecule has 5 heteroatoms. The molecule has 1 aliphatic rings. The Kier molecular flexibility index (Phi) is 1.52. The third kappa shape index (κ3) is 0.997. The molecule has 1 atom stereocenters. The first-order chi connectivity index (χ1) is 6.01. The van der Waals surface area contributed by atoms with Gasteiger partial charge in [-0.1, -0.05) is 0 Å². The van der Waals surface area contributed by atoms with E-state index in [1.807, 2.05) is 6.92 Å². The van der Waals surface area contributed by atoms with Crippen LogP contribution in [-0.4, -0.2) is 15.5 Å². The minimum absolute atomic E-state index is 0.272. The normalized spacial score (nSPS) is 30.5. The monoisotopic (exact) mass is 187 g/mol. The van der Waals surface area contributed by atoms with E-state index in [4.69, 9.17) is 5.73 Å². The van der Waals surface area contributed by atoms with Crippen LogP contribution in [0.15, 0.2) is 12.5 Å². The molecule has 1 saturated carbocycles. The molecule has 2 rings (SSSR count). The molecule has 0 bridgehead atoms. The van der Waals surface area contributed by atoms with Gasteiger partial charge in [-0.15, -0.1) is 0 Å². The van der Waals surface area contributed by atoms with Crippen molar-refractivity contribution in [3.05, 3.63) is 18.2 Å². The molecule has 1 aromatic heterocycles. The SMILES string of the molecule is CCn1cncc1C1(N)CC1(F)F. The van der Waals surface area contributed by atoms with Crippen molar-refractivity contribution in [1.29, 1.82) is 0 Å². The molecule has 0 spiro atoms. The Hall–Kier alpha value is -0.970. The molecule has 1 fully saturated rings. The summed E-state index contributed by atoms with van der Waals surface area (Å²) in [4.78, 5) is 3.81. The van der Waals surface area contributed by atoms with E-state index >= 15 is 0 Å². The highest BCUT2D eigenvalue weighted by Gasteiger charge is 2.71. The van der Waals surface area contributed by atoms with Crippen molar-refractivity contribution in [2.24, 2.45) is 5.73 Å². The highest BCUT2D eigenvalue weighted by atomic mass is 19.3. The molecular formula is C8H11F2N3. The second kappa shape index (κ2) is 2.29. The van der Waals surface area contributed by atoms with Crippen LogP contribution in [0.5, 0.6) is 0 Å². The minimum atomic E-state index is -2.76. The van der Waals surface area contributed by atoms with Crippen molar-refractivity contribution >= 4 is 0 Å². The fraction of sp³-hybridized carbons (Fsp3) is 0.625. The molecular weight excluding hydrogens is 176 g/mol. The van der Waals surface area contributed by atoms with Crippen molar-refractivity contribution < 1.29 is 8.78 Å². The second-order valence-electron chi connectivity index (χ2n) is 3.42. The lowest BCUT2D eigenvalue weighted by atomic mass is 10.2. The molecule has 72 valence electrons. The number of imidazole rings is 1. The van der Waals surface area contributed by atoms with E-state index in [9.17, 15) is 8.78 Å². The number of aryl methyl sites for hydroxylation is 1. The van der Waals surface area contributed by atoms with E-state index in [1.54, 1.807) is 4.57 Å². The summed E-state index contributed by atoms with van der Waals surface area (Å²) in [5.41, 5.74) is 4.51.